The number of carbonyl (C=O) groups is 2. The number of rotatable bonds is 7. The predicted molar refractivity (Wildman–Crippen MR) is 91.6 cm³/mol. The summed E-state index contributed by atoms with van der Waals surface area (Å²) in [7, 11) is 2.58. The molecule has 0 aliphatic heterocycles. The van der Waals surface area contributed by atoms with Gasteiger partial charge >= 0.3 is 11.7 Å². The molecule has 0 unspecified atom stereocenters. The predicted octanol–water partition coefficient (Wildman–Crippen LogP) is 2.41. The Labute approximate surface area is 148 Å². The molecule has 26 heavy (non-hydrogen) atoms. The van der Waals surface area contributed by atoms with Crippen LogP contribution >= 0.6 is 0 Å². The number of nitro groups is 1. The van der Waals surface area contributed by atoms with Crippen LogP contribution in [0.1, 0.15) is 10.4 Å². The van der Waals surface area contributed by atoms with Gasteiger partial charge in [-0.1, -0.05) is 0 Å². The van der Waals surface area contributed by atoms with E-state index in [1.807, 2.05) is 0 Å². The summed E-state index contributed by atoms with van der Waals surface area (Å²) in [5, 5.41) is 13.4. The number of nitrogens with zero attached hydrogens (tertiary/aromatic N) is 1. The zero-order chi connectivity index (χ0) is 19.1. The second kappa shape index (κ2) is 8.47. The summed E-state index contributed by atoms with van der Waals surface area (Å²) < 4.78 is 14.8. The molecule has 2 aromatic carbocycles. The van der Waals surface area contributed by atoms with Crippen molar-refractivity contribution in [2.24, 2.45) is 0 Å². The van der Waals surface area contributed by atoms with E-state index in [9.17, 15) is 19.7 Å². The first-order valence-electron chi connectivity index (χ1n) is 7.38. The van der Waals surface area contributed by atoms with Gasteiger partial charge in [-0.3, -0.25) is 14.9 Å². The number of carbonyl (C=O) groups excluding carboxylic acids is 2. The first-order valence-corrected chi connectivity index (χ1v) is 7.38. The summed E-state index contributed by atoms with van der Waals surface area (Å²) >= 11 is 0. The topological polar surface area (TPSA) is 117 Å². The number of esters is 1. The lowest BCUT2D eigenvalue weighted by Crippen LogP contribution is -2.20. The number of ether oxygens (including phenoxy) is 3. The molecule has 1 amide bonds. The van der Waals surface area contributed by atoms with Gasteiger partial charge in [0.2, 0.25) is 5.75 Å². The molecule has 0 radical (unpaired) electrons. The Kier molecular flexibility index (Phi) is 6.10. The largest absolute Gasteiger partial charge is 0.490 e. The fourth-order valence-corrected chi connectivity index (χ4v) is 2.05. The van der Waals surface area contributed by atoms with Crippen LogP contribution in [-0.4, -0.2) is 37.6 Å². The number of nitrogens with one attached hydrogen (secondary N) is 1. The highest BCUT2D eigenvalue weighted by atomic mass is 16.6. The van der Waals surface area contributed by atoms with Crippen molar-refractivity contribution in [2.45, 2.75) is 0 Å². The van der Waals surface area contributed by atoms with E-state index in [-0.39, 0.29) is 23.8 Å². The molecule has 136 valence electrons. The van der Waals surface area contributed by atoms with Crippen LogP contribution in [-0.2, 0) is 9.53 Å². The highest BCUT2D eigenvalue weighted by Gasteiger charge is 2.15. The van der Waals surface area contributed by atoms with Crippen LogP contribution in [0.25, 0.3) is 0 Å². The maximum absolute atomic E-state index is 11.9. The molecule has 0 bridgehead atoms. The van der Waals surface area contributed by atoms with E-state index in [0.29, 0.717) is 11.3 Å². The lowest BCUT2D eigenvalue weighted by Gasteiger charge is -2.09. The fraction of sp³-hybridized carbons (Fsp3) is 0.176. The van der Waals surface area contributed by atoms with Gasteiger partial charge in [0, 0.05) is 17.8 Å². The molecular weight excluding hydrogens is 344 g/mol. The Morgan fingerprint density at radius 3 is 2.38 bits per heavy atom. The van der Waals surface area contributed by atoms with Crippen LogP contribution in [0.15, 0.2) is 42.5 Å². The fourth-order valence-electron chi connectivity index (χ4n) is 2.05. The van der Waals surface area contributed by atoms with Gasteiger partial charge in [-0.25, -0.2) is 4.79 Å². The van der Waals surface area contributed by atoms with Gasteiger partial charge in [0.1, 0.15) is 5.75 Å². The van der Waals surface area contributed by atoms with Gasteiger partial charge in [0.05, 0.1) is 24.7 Å². The summed E-state index contributed by atoms with van der Waals surface area (Å²) in [4.78, 5) is 33.5. The van der Waals surface area contributed by atoms with Crippen molar-refractivity contribution in [3.05, 3.63) is 58.1 Å². The van der Waals surface area contributed by atoms with Gasteiger partial charge in [-0.05, 0) is 30.3 Å². The van der Waals surface area contributed by atoms with E-state index in [0.717, 1.165) is 0 Å². The van der Waals surface area contributed by atoms with Crippen LogP contribution in [0.3, 0.4) is 0 Å². The molecule has 0 heterocycles. The molecule has 0 atom stereocenters. The van der Waals surface area contributed by atoms with Gasteiger partial charge < -0.3 is 19.5 Å². The molecule has 0 aromatic heterocycles. The summed E-state index contributed by atoms with van der Waals surface area (Å²) in [5.74, 6) is -0.624. The molecule has 0 spiro atoms. The normalized spacial score (nSPS) is 9.92. The van der Waals surface area contributed by atoms with Crippen LogP contribution < -0.4 is 14.8 Å². The molecule has 1 N–H and O–H groups in total. The van der Waals surface area contributed by atoms with Crippen molar-refractivity contribution >= 4 is 23.3 Å². The number of hydrogen-bond acceptors (Lipinski definition) is 7. The summed E-state index contributed by atoms with van der Waals surface area (Å²) in [5.41, 5.74) is 0.641. The molecule has 0 saturated carbocycles. The Bertz CT molecular complexity index is 818. The highest BCUT2D eigenvalue weighted by Crippen LogP contribution is 2.30. The Morgan fingerprint density at radius 1 is 1.12 bits per heavy atom. The minimum Gasteiger partial charge on any atom is -0.490 e. The van der Waals surface area contributed by atoms with Crippen LogP contribution in [0.2, 0.25) is 0 Å². The number of amides is 1. The number of benzene rings is 2. The summed E-state index contributed by atoms with van der Waals surface area (Å²) in [6, 6.07) is 10.1. The third-order valence-corrected chi connectivity index (χ3v) is 3.31. The highest BCUT2D eigenvalue weighted by molar-refractivity contribution is 5.93. The molecule has 2 aromatic rings. The molecule has 0 aliphatic carbocycles. The maximum atomic E-state index is 11.9. The van der Waals surface area contributed by atoms with E-state index in [2.05, 4.69) is 10.1 Å². The molecule has 0 aliphatic rings. The van der Waals surface area contributed by atoms with Crippen molar-refractivity contribution in [1.82, 2.24) is 0 Å². The smallest absolute Gasteiger partial charge is 0.337 e. The average molecular weight is 360 g/mol. The van der Waals surface area contributed by atoms with Crippen LogP contribution in [0, 0.1) is 10.1 Å². The molecular formula is C17H16N2O7. The van der Waals surface area contributed by atoms with Crippen LogP contribution in [0.5, 0.6) is 11.5 Å². The van der Waals surface area contributed by atoms with E-state index in [1.54, 1.807) is 12.1 Å². The van der Waals surface area contributed by atoms with E-state index < -0.39 is 16.8 Å². The van der Waals surface area contributed by atoms with Gasteiger partial charge in [-0.15, -0.1) is 0 Å². The average Bonchev–Trinajstić information content (AvgIpc) is 2.65. The van der Waals surface area contributed by atoms with Gasteiger partial charge in [0.15, 0.2) is 6.61 Å². The Hall–Kier alpha value is -3.62. The van der Waals surface area contributed by atoms with Crippen molar-refractivity contribution in [1.29, 1.82) is 0 Å². The third-order valence-electron chi connectivity index (χ3n) is 3.31. The standard InChI is InChI=1S/C17H16N2O7/c1-24-15-9-13(7-8-14(15)19(22)23)26-10-16(20)18-12-5-3-11(4-6-12)17(21)25-2/h3-9H,10H2,1-2H3,(H,18,20). The number of hydrogen-bond donors (Lipinski definition) is 1. The van der Waals surface area contributed by atoms with Gasteiger partial charge in [0.25, 0.3) is 5.91 Å². The summed E-state index contributed by atoms with van der Waals surface area (Å²) in [6.07, 6.45) is 0. The van der Waals surface area contributed by atoms with E-state index in [1.165, 1.54) is 44.6 Å². The van der Waals surface area contributed by atoms with Crippen molar-refractivity contribution in [3.8, 4) is 11.5 Å². The zero-order valence-corrected chi connectivity index (χ0v) is 14.1. The zero-order valence-electron chi connectivity index (χ0n) is 14.1. The van der Waals surface area contributed by atoms with Crippen molar-refractivity contribution < 1.29 is 28.7 Å². The second-order valence-corrected chi connectivity index (χ2v) is 5.00. The first kappa shape index (κ1) is 18.7. The second-order valence-electron chi connectivity index (χ2n) is 5.00. The van der Waals surface area contributed by atoms with Gasteiger partial charge in [-0.2, -0.15) is 0 Å². The number of nitro benzene ring substituents is 1. The van der Waals surface area contributed by atoms with E-state index >= 15 is 0 Å². The number of methoxy groups -OCH3 is 2. The minimum atomic E-state index is -0.576. The first-order chi connectivity index (χ1) is 12.4. The van der Waals surface area contributed by atoms with E-state index in [4.69, 9.17) is 9.47 Å². The quantitative estimate of drug-likeness (QED) is 0.458. The maximum Gasteiger partial charge on any atom is 0.337 e. The Morgan fingerprint density at radius 2 is 1.81 bits per heavy atom. The van der Waals surface area contributed by atoms with Crippen molar-refractivity contribution in [2.75, 3.05) is 26.1 Å². The van der Waals surface area contributed by atoms with Crippen LogP contribution in [0.4, 0.5) is 11.4 Å². The molecule has 0 saturated heterocycles. The molecule has 2 rings (SSSR count). The number of anilines is 1. The molecule has 9 heteroatoms. The van der Waals surface area contributed by atoms with Crippen molar-refractivity contribution in [3.63, 3.8) is 0 Å². The monoisotopic (exact) mass is 360 g/mol. The SMILES string of the molecule is COC(=O)c1ccc(NC(=O)COc2ccc([N+](=O)[O-])c(OC)c2)cc1. The lowest BCUT2D eigenvalue weighted by atomic mass is 10.2. The minimum absolute atomic E-state index is 0.0336. The summed E-state index contributed by atoms with van der Waals surface area (Å²) in [6.45, 7) is -0.306. The third kappa shape index (κ3) is 4.69. The molecule has 0 fully saturated rings. The Balaban J connectivity index is 1.94. The molecule has 9 nitrogen and oxygen atoms in total. The lowest BCUT2D eigenvalue weighted by molar-refractivity contribution is -0.385.